The Morgan fingerprint density at radius 2 is 1.84 bits per heavy atom. The lowest BCUT2D eigenvalue weighted by Crippen LogP contribution is -2.41. The van der Waals surface area contributed by atoms with Crippen LogP contribution in [0.3, 0.4) is 0 Å². The van der Waals surface area contributed by atoms with Crippen LogP contribution in [0.4, 0.5) is 4.79 Å². The molecule has 1 N–H and O–H groups in total. The van der Waals surface area contributed by atoms with E-state index in [9.17, 15) is 4.79 Å². The van der Waals surface area contributed by atoms with Crippen molar-refractivity contribution in [3.8, 4) is 0 Å². The van der Waals surface area contributed by atoms with Crippen LogP contribution in [0.1, 0.15) is 54.0 Å². The van der Waals surface area contributed by atoms with Crippen LogP contribution in [-0.2, 0) is 14.0 Å². The Balaban J connectivity index is 1.91. The van der Waals surface area contributed by atoms with Crippen molar-refractivity contribution in [2.45, 2.75) is 65.3 Å². The highest BCUT2D eigenvalue weighted by molar-refractivity contribution is 6.56. The zero-order valence-electron chi connectivity index (χ0n) is 19.1. The van der Waals surface area contributed by atoms with Gasteiger partial charge in [0.1, 0.15) is 17.1 Å². The van der Waals surface area contributed by atoms with Crippen molar-refractivity contribution in [2.75, 3.05) is 6.54 Å². The van der Waals surface area contributed by atoms with Crippen LogP contribution in [0.15, 0.2) is 30.0 Å². The fraction of sp³-hybridized carbons (Fsp3) is 0.500. The average Bonchev–Trinajstić information content (AvgIpc) is 2.84. The van der Waals surface area contributed by atoms with E-state index in [0.717, 1.165) is 21.9 Å². The first-order valence-corrected chi connectivity index (χ1v) is 10.6. The van der Waals surface area contributed by atoms with Gasteiger partial charge >= 0.3 is 13.2 Å². The predicted octanol–water partition coefficient (Wildman–Crippen LogP) is 4.82. The molecular weight excluding hydrogens is 417 g/mol. The minimum Gasteiger partial charge on any atom is -0.444 e. The number of ether oxygens (including phenoxy) is 1. The summed E-state index contributed by atoms with van der Waals surface area (Å²) in [5.74, 6) is 0. The average molecular weight is 446 g/mol. The molecule has 1 amide bonds. The van der Waals surface area contributed by atoms with Gasteiger partial charge in [-0.15, -0.1) is 0 Å². The molecule has 2 heterocycles. The number of fused-ring (bicyclic) bond motifs is 1. The number of rotatable bonds is 4. The quantitative estimate of drug-likeness (QED) is 0.536. The van der Waals surface area contributed by atoms with E-state index in [2.05, 4.69) is 15.3 Å². The summed E-state index contributed by atoms with van der Waals surface area (Å²) in [6, 6.07) is 5.69. The van der Waals surface area contributed by atoms with Crippen LogP contribution >= 0.6 is 11.6 Å². The van der Waals surface area contributed by atoms with E-state index in [0.29, 0.717) is 5.15 Å². The van der Waals surface area contributed by atoms with Crippen molar-refractivity contribution < 1.29 is 18.8 Å². The van der Waals surface area contributed by atoms with E-state index in [1.807, 2.05) is 72.7 Å². The number of carbonyl (C=O) groups excluding carboxylic acids is 1. The minimum absolute atomic E-state index is 0.203. The van der Waals surface area contributed by atoms with Crippen molar-refractivity contribution in [3.05, 3.63) is 40.7 Å². The number of aromatic nitrogens is 2. The second-order valence-corrected chi connectivity index (χ2v) is 9.96. The van der Waals surface area contributed by atoms with Crippen LogP contribution in [0.2, 0.25) is 5.15 Å². The number of hydrogen-bond donors (Lipinski definition) is 1. The van der Waals surface area contributed by atoms with Crippen molar-refractivity contribution >= 4 is 41.8 Å². The van der Waals surface area contributed by atoms with Crippen LogP contribution < -0.4 is 5.32 Å². The zero-order valence-corrected chi connectivity index (χ0v) is 19.8. The summed E-state index contributed by atoms with van der Waals surface area (Å²) < 4.78 is 17.8. The first-order chi connectivity index (χ1) is 14.3. The lowest BCUT2D eigenvalue weighted by molar-refractivity contribution is 0.00578. The summed E-state index contributed by atoms with van der Waals surface area (Å²) in [6.07, 6.45) is 2.85. The Hall–Kier alpha value is -2.16. The molecule has 1 fully saturated rings. The lowest BCUT2D eigenvalue weighted by Gasteiger charge is -2.32. The smallest absolute Gasteiger partial charge is 0.444 e. The van der Waals surface area contributed by atoms with E-state index in [-0.39, 0.29) is 6.54 Å². The number of benzene rings is 1. The van der Waals surface area contributed by atoms with Crippen LogP contribution in [0.5, 0.6) is 0 Å². The molecule has 3 rings (SSSR count). The van der Waals surface area contributed by atoms with Crippen molar-refractivity contribution in [2.24, 2.45) is 0 Å². The topological polar surface area (TPSA) is 82.6 Å². The number of halogens is 1. The number of hydrogen-bond acceptors (Lipinski definition) is 6. The van der Waals surface area contributed by atoms with Crippen molar-refractivity contribution in [3.63, 3.8) is 0 Å². The Bertz CT molecular complexity index is 1000. The molecule has 166 valence electrons. The molecule has 31 heavy (non-hydrogen) atoms. The number of nitrogens with zero attached hydrogens (tertiary/aromatic N) is 2. The normalized spacial score (nSPS) is 18.3. The SMILES string of the molecule is CC(C)(C)OC(=O)NCC(=Cc1ccc2c(Cl)ncnc2c1)B1OC(C)(C)C(C)(C)O1. The predicted molar refractivity (Wildman–Crippen MR) is 123 cm³/mol. The molecule has 0 aliphatic carbocycles. The lowest BCUT2D eigenvalue weighted by atomic mass is 9.77. The van der Waals surface area contributed by atoms with Gasteiger partial charge in [0.2, 0.25) is 0 Å². The van der Waals surface area contributed by atoms with E-state index in [1.165, 1.54) is 6.33 Å². The van der Waals surface area contributed by atoms with Gasteiger partial charge in [-0.2, -0.15) is 0 Å². The highest BCUT2D eigenvalue weighted by atomic mass is 35.5. The fourth-order valence-corrected chi connectivity index (χ4v) is 3.23. The molecule has 1 saturated heterocycles. The molecule has 0 bridgehead atoms. The molecule has 0 saturated carbocycles. The molecule has 2 aromatic rings. The number of carbonyl (C=O) groups is 1. The van der Waals surface area contributed by atoms with E-state index in [4.69, 9.17) is 25.6 Å². The molecule has 1 aliphatic heterocycles. The Morgan fingerprint density at radius 1 is 1.19 bits per heavy atom. The number of nitrogens with one attached hydrogen (secondary N) is 1. The first-order valence-electron chi connectivity index (χ1n) is 10.2. The third-order valence-electron chi connectivity index (χ3n) is 5.36. The van der Waals surface area contributed by atoms with Gasteiger partial charge in [0.25, 0.3) is 0 Å². The molecule has 0 unspecified atom stereocenters. The molecule has 1 aliphatic rings. The van der Waals surface area contributed by atoms with Gasteiger partial charge < -0.3 is 19.4 Å². The zero-order chi connectivity index (χ0) is 23.0. The summed E-state index contributed by atoms with van der Waals surface area (Å²) in [5.41, 5.74) is 0.749. The minimum atomic E-state index is -0.621. The maximum Gasteiger partial charge on any atom is 0.492 e. The van der Waals surface area contributed by atoms with Gasteiger partial charge in [-0.3, -0.25) is 0 Å². The monoisotopic (exact) mass is 445 g/mol. The van der Waals surface area contributed by atoms with Crippen LogP contribution in [0, 0.1) is 0 Å². The molecule has 0 atom stereocenters. The largest absolute Gasteiger partial charge is 0.492 e. The number of alkyl carbamates (subject to hydrolysis) is 1. The van der Waals surface area contributed by atoms with E-state index >= 15 is 0 Å². The molecular formula is C22H29BClN3O4. The van der Waals surface area contributed by atoms with Gasteiger partial charge in [-0.1, -0.05) is 23.7 Å². The maximum absolute atomic E-state index is 12.2. The van der Waals surface area contributed by atoms with Crippen molar-refractivity contribution in [1.82, 2.24) is 15.3 Å². The Labute approximate surface area is 188 Å². The summed E-state index contributed by atoms with van der Waals surface area (Å²) in [4.78, 5) is 20.5. The maximum atomic E-state index is 12.2. The van der Waals surface area contributed by atoms with Gasteiger partial charge in [-0.25, -0.2) is 14.8 Å². The standard InChI is InChI=1S/C22H29BClN3O4/c1-20(2,3)29-19(28)25-12-15(23-30-21(4,5)22(6,7)31-23)10-14-8-9-16-17(11-14)26-13-27-18(16)24/h8-11,13H,12H2,1-7H3,(H,25,28). The second kappa shape index (κ2) is 8.41. The molecule has 1 aromatic heterocycles. The van der Waals surface area contributed by atoms with Gasteiger partial charge in [-0.05, 0) is 71.6 Å². The highest BCUT2D eigenvalue weighted by Crippen LogP contribution is 2.38. The molecule has 9 heteroatoms. The van der Waals surface area contributed by atoms with Crippen LogP contribution in [0.25, 0.3) is 17.0 Å². The van der Waals surface area contributed by atoms with E-state index < -0.39 is 30.0 Å². The molecule has 0 spiro atoms. The molecule has 1 aromatic carbocycles. The van der Waals surface area contributed by atoms with Gasteiger partial charge in [0.15, 0.2) is 0 Å². The van der Waals surface area contributed by atoms with Crippen LogP contribution in [-0.4, -0.2) is 46.5 Å². The van der Waals surface area contributed by atoms with Gasteiger partial charge in [0, 0.05) is 11.9 Å². The first kappa shape index (κ1) is 23.5. The Morgan fingerprint density at radius 3 is 2.45 bits per heavy atom. The molecule has 7 nitrogen and oxygen atoms in total. The van der Waals surface area contributed by atoms with Gasteiger partial charge in [0.05, 0.1) is 16.7 Å². The number of amides is 1. The van der Waals surface area contributed by atoms with E-state index in [1.54, 1.807) is 0 Å². The third kappa shape index (κ3) is 5.56. The summed E-state index contributed by atoms with van der Waals surface area (Å²) in [7, 11) is -0.621. The summed E-state index contributed by atoms with van der Waals surface area (Å²) in [6.45, 7) is 13.6. The summed E-state index contributed by atoms with van der Waals surface area (Å²) in [5, 5.41) is 3.97. The Kier molecular flexibility index (Phi) is 6.38. The second-order valence-electron chi connectivity index (χ2n) is 9.60. The van der Waals surface area contributed by atoms with Crippen molar-refractivity contribution in [1.29, 1.82) is 0 Å². The highest BCUT2D eigenvalue weighted by Gasteiger charge is 2.52. The third-order valence-corrected chi connectivity index (χ3v) is 5.66. The fourth-order valence-electron chi connectivity index (χ4n) is 3.03. The molecule has 0 radical (unpaired) electrons. The summed E-state index contributed by atoms with van der Waals surface area (Å²) >= 11 is 6.15.